The maximum Gasteiger partial charge on any atom is 0.274 e. The van der Waals surface area contributed by atoms with Crippen molar-refractivity contribution in [2.24, 2.45) is 0 Å². The molecule has 23 heavy (non-hydrogen) atoms. The van der Waals surface area contributed by atoms with Crippen LogP contribution in [0.2, 0.25) is 4.34 Å². The molecule has 0 aliphatic carbocycles. The van der Waals surface area contributed by atoms with Crippen molar-refractivity contribution in [1.29, 1.82) is 0 Å². The fourth-order valence-corrected chi connectivity index (χ4v) is 3.49. The van der Waals surface area contributed by atoms with Crippen LogP contribution in [-0.4, -0.2) is 27.6 Å². The van der Waals surface area contributed by atoms with Crippen LogP contribution in [0.15, 0.2) is 48.5 Å². The molecule has 0 atom stereocenters. The van der Waals surface area contributed by atoms with Gasteiger partial charge in [0, 0.05) is 17.6 Å². The summed E-state index contributed by atoms with van der Waals surface area (Å²) in [5.41, 5.74) is 2.31. The van der Waals surface area contributed by atoms with Gasteiger partial charge in [0.15, 0.2) is 5.69 Å². The van der Waals surface area contributed by atoms with Crippen molar-refractivity contribution >= 4 is 28.8 Å². The molecular weight excluding hydrogens is 330 g/mol. The highest BCUT2D eigenvalue weighted by molar-refractivity contribution is 7.16. The number of aryl methyl sites for hydroxylation is 1. The number of benzene rings is 1. The number of amides is 1. The molecule has 3 aromatic rings. The van der Waals surface area contributed by atoms with E-state index in [2.05, 4.69) is 5.10 Å². The number of para-hydroxylation sites is 1. The highest BCUT2D eigenvalue weighted by atomic mass is 35.5. The number of aromatic nitrogens is 2. The third-order valence-corrected chi connectivity index (χ3v) is 4.69. The van der Waals surface area contributed by atoms with Gasteiger partial charge >= 0.3 is 0 Å². The molecular formula is C17H16ClN3OS. The molecule has 4 nitrogen and oxygen atoms in total. The Labute approximate surface area is 143 Å². The number of nitrogens with zero attached hydrogens (tertiary/aromatic N) is 3. The van der Waals surface area contributed by atoms with Crippen molar-refractivity contribution in [3.05, 3.63) is 69.1 Å². The van der Waals surface area contributed by atoms with Crippen LogP contribution < -0.4 is 0 Å². The van der Waals surface area contributed by atoms with Crippen molar-refractivity contribution in [3.63, 3.8) is 0 Å². The van der Waals surface area contributed by atoms with E-state index in [0.29, 0.717) is 12.2 Å². The van der Waals surface area contributed by atoms with Crippen molar-refractivity contribution in [2.45, 2.75) is 13.5 Å². The van der Waals surface area contributed by atoms with Gasteiger partial charge in [0.05, 0.1) is 16.6 Å². The van der Waals surface area contributed by atoms with Gasteiger partial charge < -0.3 is 4.90 Å². The molecule has 0 radical (unpaired) electrons. The summed E-state index contributed by atoms with van der Waals surface area (Å²) in [6.45, 7) is 2.46. The molecule has 0 saturated heterocycles. The second-order valence-corrected chi connectivity index (χ2v) is 7.08. The van der Waals surface area contributed by atoms with Crippen LogP contribution >= 0.6 is 22.9 Å². The molecule has 1 amide bonds. The highest BCUT2D eigenvalue weighted by Gasteiger charge is 2.18. The van der Waals surface area contributed by atoms with Crippen LogP contribution in [0.25, 0.3) is 5.69 Å². The van der Waals surface area contributed by atoms with E-state index < -0.39 is 0 Å². The quantitative estimate of drug-likeness (QED) is 0.711. The Morgan fingerprint density at radius 1 is 1.26 bits per heavy atom. The van der Waals surface area contributed by atoms with Crippen molar-refractivity contribution in [2.75, 3.05) is 7.05 Å². The number of carbonyl (C=O) groups excluding carboxylic acids is 1. The molecule has 0 aliphatic rings. The lowest BCUT2D eigenvalue weighted by Gasteiger charge is -2.14. The number of carbonyl (C=O) groups is 1. The van der Waals surface area contributed by atoms with Gasteiger partial charge in [0.1, 0.15) is 0 Å². The lowest BCUT2D eigenvalue weighted by molar-refractivity contribution is 0.0780. The van der Waals surface area contributed by atoms with E-state index in [1.807, 2.05) is 55.5 Å². The van der Waals surface area contributed by atoms with Crippen LogP contribution in [-0.2, 0) is 6.54 Å². The van der Waals surface area contributed by atoms with Crippen LogP contribution in [0.3, 0.4) is 0 Å². The molecule has 3 rings (SSSR count). The fourth-order valence-electron chi connectivity index (χ4n) is 2.35. The third kappa shape index (κ3) is 3.46. The lowest BCUT2D eigenvalue weighted by atomic mass is 10.3. The second-order valence-electron chi connectivity index (χ2n) is 5.29. The van der Waals surface area contributed by atoms with Gasteiger partial charge in [-0.2, -0.15) is 5.10 Å². The van der Waals surface area contributed by atoms with Gasteiger partial charge in [-0.25, -0.2) is 4.68 Å². The standard InChI is InChI=1S/C17H16ClN3OS/c1-12-10-15(19-21(12)13-6-4-3-5-7-13)17(22)20(2)11-14-8-9-16(18)23-14/h3-10H,11H2,1-2H3. The first-order valence-electron chi connectivity index (χ1n) is 7.16. The summed E-state index contributed by atoms with van der Waals surface area (Å²) >= 11 is 7.41. The maximum absolute atomic E-state index is 12.6. The third-order valence-electron chi connectivity index (χ3n) is 3.48. The Morgan fingerprint density at radius 3 is 2.65 bits per heavy atom. The highest BCUT2D eigenvalue weighted by Crippen LogP contribution is 2.23. The first-order chi connectivity index (χ1) is 11.0. The van der Waals surface area contributed by atoms with Crippen LogP contribution in [0.1, 0.15) is 21.1 Å². The molecule has 0 unspecified atom stereocenters. The van der Waals surface area contributed by atoms with E-state index in [9.17, 15) is 4.79 Å². The normalized spacial score (nSPS) is 10.7. The molecule has 0 saturated carbocycles. The first-order valence-corrected chi connectivity index (χ1v) is 8.36. The first kappa shape index (κ1) is 15.8. The minimum Gasteiger partial charge on any atom is -0.335 e. The summed E-state index contributed by atoms with van der Waals surface area (Å²) in [7, 11) is 1.77. The topological polar surface area (TPSA) is 38.1 Å². The Hall–Kier alpha value is -2.11. The number of halogens is 1. The minimum atomic E-state index is -0.104. The zero-order valence-electron chi connectivity index (χ0n) is 12.9. The Bertz CT molecular complexity index is 825. The molecule has 0 fully saturated rings. The second kappa shape index (κ2) is 6.56. The predicted octanol–water partition coefficient (Wildman–Crippen LogP) is 4.17. The van der Waals surface area contributed by atoms with Gasteiger partial charge in [-0.1, -0.05) is 29.8 Å². The number of hydrogen-bond donors (Lipinski definition) is 0. The average molecular weight is 346 g/mol. The van der Waals surface area contributed by atoms with E-state index >= 15 is 0 Å². The molecule has 1 aromatic carbocycles. The van der Waals surface area contributed by atoms with Crippen molar-refractivity contribution in [1.82, 2.24) is 14.7 Å². The van der Waals surface area contributed by atoms with Gasteiger partial charge in [0.2, 0.25) is 0 Å². The van der Waals surface area contributed by atoms with Crippen molar-refractivity contribution in [3.8, 4) is 5.69 Å². The van der Waals surface area contributed by atoms with Gasteiger partial charge in [-0.15, -0.1) is 11.3 Å². The molecule has 0 spiro atoms. The summed E-state index contributed by atoms with van der Waals surface area (Å²) in [5, 5.41) is 4.45. The molecule has 0 N–H and O–H groups in total. The number of rotatable bonds is 4. The summed E-state index contributed by atoms with van der Waals surface area (Å²) in [5.74, 6) is -0.104. The number of hydrogen-bond acceptors (Lipinski definition) is 3. The van der Waals surface area contributed by atoms with Crippen LogP contribution in [0, 0.1) is 6.92 Å². The zero-order valence-corrected chi connectivity index (χ0v) is 14.4. The van der Waals surface area contributed by atoms with Gasteiger partial charge in [-0.05, 0) is 37.3 Å². The smallest absolute Gasteiger partial charge is 0.274 e. The Balaban J connectivity index is 1.80. The lowest BCUT2D eigenvalue weighted by Crippen LogP contribution is -2.26. The minimum absolute atomic E-state index is 0.104. The van der Waals surface area contributed by atoms with Crippen LogP contribution in [0.4, 0.5) is 0 Å². The average Bonchev–Trinajstić information content (AvgIpc) is 3.13. The van der Waals surface area contributed by atoms with Crippen molar-refractivity contribution < 1.29 is 4.79 Å². The SMILES string of the molecule is Cc1cc(C(=O)N(C)Cc2ccc(Cl)s2)nn1-c1ccccc1. The Morgan fingerprint density at radius 2 is 2.00 bits per heavy atom. The Kier molecular flexibility index (Phi) is 4.50. The summed E-state index contributed by atoms with van der Waals surface area (Å²) in [4.78, 5) is 15.3. The summed E-state index contributed by atoms with van der Waals surface area (Å²) in [6.07, 6.45) is 0. The van der Waals surface area contributed by atoms with Crippen LogP contribution in [0.5, 0.6) is 0 Å². The van der Waals surface area contributed by atoms with Gasteiger partial charge in [0.25, 0.3) is 5.91 Å². The van der Waals surface area contributed by atoms with Gasteiger partial charge in [-0.3, -0.25) is 4.79 Å². The van der Waals surface area contributed by atoms with E-state index in [1.165, 1.54) is 11.3 Å². The van der Waals surface area contributed by atoms with E-state index in [-0.39, 0.29) is 5.91 Å². The maximum atomic E-state index is 12.6. The predicted molar refractivity (Wildman–Crippen MR) is 93.4 cm³/mol. The number of thiophene rings is 1. The molecule has 6 heteroatoms. The summed E-state index contributed by atoms with van der Waals surface area (Å²) < 4.78 is 2.51. The zero-order chi connectivity index (χ0) is 16.4. The molecule has 2 aromatic heterocycles. The van der Waals surface area contributed by atoms with E-state index in [0.717, 1.165) is 20.6 Å². The molecule has 2 heterocycles. The van der Waals surface area contributed by atoms with E-state index in [4.69, 9.17) is 11.6 Å². The largest absolute Gasteiger partial charge is 0.335 e. The summed E-state index contributed by atoms with van der Waals surface area (Å²) in [6, 6.07) is 15.4. The van der Waals surface area contributed by atoms with E-state index in [1.54, 1.807) is 16.6 Å². The molecule has 118 valence electrons. The monoisotopic (exact) mass is 345 g/mol. The fraction of sp³-hybridized carbons (Fsp3) is 0.176. The molecule has 0 aliphatic heterocycles. The molecule has 0 bridgehead atoms.